The van der Waals surface area contributed by atoms with Crippen LogP contribution in [0.5, 0.6) is 0 Å². The van der Waals surface area contributed by atoms with Crippen LogP contribution in [0.3, 0.4) is 0 Å². The van der Waals surface area contributed by atoms with Crippen molar-refractivity contribution >= 4 is 15.9 Å². The highest BCUT2D eigenvalue weighted by Crippen LogP contribution is 2.17. The standard InChI is InChI=1S/C11H15BrFNO/c1-15-7-6-14-5-4-9-2-3-10(13)8-11(9)12/h2-3,8,14H,4-7H2,1H3. The van der Waals surface area contributed by atoms with Gasteiger partial charge in [0.05, 0.1) is 6.61 Å². The Hall–Kier alpha value is -0.450. The molecule has 84 valence electrons. The molecule has 4 heteroatoms. The molecule has 0 aliphatic heterocycles. The number of nitrogens with one attached hydrogen (secondary N) is 1. The maximum absolute atomic E-state index is 12.8. The van der Waals surface area contributed by atoms with Crippen molar-refractivity contribution in [1.82, 2.24) is 5.32 Å². The molecule has 1 N–H and O–H groups in total. The van der Waals surface area contributed by atoms with Gasteiger partial charge in [-0.05, 0) is 30.7 Å². The maximum Gasteiger partial charge on any atom is 0.124 e. The van der Waals surface area contributed by atoms with Crippen LogP contribution in [0.4, 0.5) is 4.39 Å². The van der Waals surface area contributed by atoms with Gasteiger partial charge in [0.2, 0.25) is 0 Å². The predicted molar refractivity (Wildman–Crippen MR) is 62.5 cm³/mol. The van der Waals surface area contributed by atoms with E-state index < -0.39 is 0 Å². The van der Waals surface area contributed by atoms with Crippen molar-refractivity contribution in [3.8, 4) is 0 Å². The Bertz CT molecular complexity index is 307. The monoisotopic (exact) mass is 275 g/mol. The van der Waals surface area contributed by atoms with E-state index in [0.717, 1.165) is 29.5 Å². The van der Waals surface area contributed by atoms with Gasteiger partial charge in [0.25, 0.3) is 0 Å². The molecule has 0 unspecified atom stereocenters. The quantitative estimate of drug-likeness (QED) is 0.805. The molecule has 0 spiro atoms. The van der Waals surface area contributed by atoms with Crippen LogP contribution in [0.2, 0.25) is 0 Å². The molecule has 0 saturated carbocycles. The molecule has 0 radical (unpaired) electrons. The average molecular weight is 276 g/mol. The van der Waals surface area contributed by atoms with E-state index in [1.165, 1.54) is 12.1 Å². The van der Waals surface area contributed by atoms with Crippen LogP contribution in [0.15, 0.2) is 22.7 Å². The van der Waals surface area contributed by atoms with Gasteiger partial charge in [0.1, 0.15) is 5.82 Å². The largest absolute Gasteiger partial charge is 0.383 e. The van der Waals surface area contributed by atoms with Gasteiger partial charge in [0.15, 0.2) is 0 Å². The molecule has 0 aromatic heterocycles. The van der Waals surface area contributed by atoms with Crippen LogP contribution >= 0.6 is 15.9 Å². The normalized spacial score (nSPS) is 10.6. The zero-order chi connectivity index (χ0) is 11.1. The van der Waals surface area contributed by atoms with Crippen molar-refractivity contribution in [1.29, 1.82) is 0 Å². The summed E-state index contributed by atoms with van der Waals surface area (Å²) in [4.78, 5) is 0. The number of ether oxygens (including phenoxy) is 1. The van der Waals surface area contributed by atoms with Crippen molar-refractivity contribution in [2.24, 2.45) is 0 Å². The number of hydrogen-bond acceptors (Lipinski definition) is 2. The SMILES string of the molecule is COCCNCCc1ccc(F)cc1Br. The van der Waals surface area contributed by atoms with Crippen LogP contribution in [0, 0.1) is 5.82 Å². The molecule has 0 amide bonds. The second-order valence-electron chi connectivity index (χ2n) is 3.23. The molecule has 0 bridgehead atoms. The molecule has 0 saturated heterocycles. The van der Waals surface area contributed by atoms with Crippen molar-refractivity contribution in [3.63, 3.8) is 0 Å². The van der Waals surface area contributed by atoms with Crippen LogP contribution in [-0.2, 0) is 11.2 Å². The molecule has 1 aromatic carbocycles. The lowest BCUT2D eigenvalue weighted by atomic mass is 10.1. The van der Waals surface area contributed by atoms with Gasteiger partial charge in [-0.2, -0.15) is 0 Å². The Morgan fingerprint density at radius 1 is 1.40 bits per heavy atom. The molecule has 0 heterocycles. The Balaban J connectivity index is 2.31. The number of halogens is 2. The topological polar surface area (TPSA) is 21.3 Å². The molecule has 0 atom stereocenters. The van der Waals surface area contributed by atoms with Gasteiger partial charge in [0, 0.05) is 18.1 Å². The van der Waals surface area contributed by atoms with Crippen LogP contribution in [0.1, 0.15) is 5.56 Å². The van der Waals surface area contributed by atoms with Gasteiger partial charge < -0.3 is 10.1 Å². The summed E-state index contributed by atoms with van der Waals surface area (Å²) in [6.07, 6.45) is 0.880. The minimum Gasteiger partial charge on any atom is -0.383 e. The number of rotatable bonds is 6. The Labute approximate surface area is 98.0 Å². The maximum atomic E-state index is 12.8. The van der Waals surface area contributed by atoms with Crippen LogP contribution in [0.25, 0.3) is 0 Å². The summed E-state index contributed by atoms with van der Waals surface area (Å²) in [6.45, 7) is 2.42. The lowest BCUT2D eigenvalue weighted by Gasteiger charge is -2.06. The first kappa shape index (κ1) is 12.6. The third-order valence-electron chi connectivity index (χ3n) is 2.07. The summed E-state index contributed by atoms with van der Waals surface area (Å²) in [5.41, 5.74) is 1.11. The van der Waals surface area contributed by atoms with Crippen LogP contribution in [-0.4, -0.2) is 26.8 Å². The van der Waals surface area contributed by atoms with Crippen molar-refractivity contribution in [2.75, 3.05) is 26.8 Å². The minimum absolute atomic E-state index is 0.210. The minimum atomic E-state index is -0.210. The van der Waals surface area contributed by atoms with Gasteiger partial charge in [-0.3, -0.25) is 0 Å². The summed E-state index contributed by atoms with van der Waals surface area (Å²) >= 11 is 3.34. The first-order valence-electron chi connectivity index (χ1n) is 4.87. The molecular weight excluding hydrogens is 261 g/mol. The first-order valence-corrected chi connectivity index (χ1v) is 5.67. The Morgan fingerprint density at radius 3 is 2.87 bits per heavy atom. The third-order valence-corrected chi connectivity index (χ3v) is 2.81. The van der Waals surface area contributed by atoms with Crippen molar-refractivity contribution in [2.45, 2.75) is 6.42 Å². The second kappa shape index (κ2) is 6.93. The van der Waals surface area contributed by atoms with E-state index in [0.29, 0.717) is 6.61 Å². The predicted octanol–water partition coefficient (Wildman–Crippen LogP) is 2.37. The van der Waals surface area contributed by atoms with Crippen molar-refractivity contribution in [3.05, 3.63) is 34.1 Å². The summed E-state index contributed by atoms with van der Waals surface area (Å²) in [6, 6.07) is 4.77. The fourth-order valence-corrected chi connectivity index (χ4v) is 1.80. The van der Waals surface area contributed by atoms with E-state index in [4.69, 9.17) is 4.74 Å². The molecule has 2 nitrogen and oxygen atoms in total. The summed E-state index contributed by atoms with van der Waals surface area (Å²) in [5, 5.41) is 3.24. The zero-order valence-electron chi connectivity index (χ0n) is 8.72. The van der Waals surface area contributed by atoms with E-state index in [1.807, 2.05) is 0 Å². The average Bonchev–Trinajstić information content (AvgIpc) is 2.20. The fraction of sp³-hybridized carbons (Fsp3) is 0.455. The van der Waals surface area contributed by atoms with Gasteiger partial charge in [-0.25, -0.2) is 4.39 Å². The lowest BCUT2D eigenvalue weighted by molar-refractivity contribution is 0.199. The van der Waals surface area contributed by atoms with E-state index >= 15 is 0 Å². The fourth-order valence-electron chi connectivity index (χ4n) is 1.25. The highest BCUT2D eigenvalue weighted by atomic mass is 79.9. The molecule has 15 heavy (non-hydrogen) atoms. The van der Waals surface area contributed by atoms with E-state index in [1.54, 1.807) is 13.2 Å². The first-order chi connectivity index (χ1) is 7.24. The van der Waals surface area contributed by atoms with Gasteiger partial charge in [-0.1, -0.05) is 22.0 Å². The Kier molecular flexibility index (Phi) is 5.83. The molecular formula is C11H15BrFNO. The Morgan fingerprint density at radius 2 is 2.20 bits per heavy atom. The third kappa shape index (κ3) is 4.73. The number of benzene rings is 1. The van der Waals surface area contributed by atoms with Gasteiger partial charge in [-0.15, -0.1) is 0 Å². The molecule has 0 aliphatic carbocycles. The zero-order valence-corrected chi connectivity index (χ0v) is 10.3. The second-order valence-corrected chi connectivity index (χ2v) is 4.08. The molecule has 0 aliphatic rings. The van der Waals surface area contributed by atoms with Crippen molar-refractivity contribution < 1.29 is 9.13 Å². The van der Waals surface area contributed by atoms with E-state index in [2.05, 4.69) is 21.2 Å². The summed E-state index contributed by atoms with van der Waals surface area (Å²) < 4.78 is 18.5. The van der Waals surface area contributed by atoms with Gasteiger partial charge >= 0.3 is 0 Å². The smallest absolute Gasteiger partial charge is 0.124 e. The lowest BCUT2D eigenvalue weighted by Crippen LogP contribution is -2.21. The summed E-state index contributed by atoms with van der Waals surface area (Å²) in [7, 11) is 1.68. The van der Waals surface area contributed by atoms with E-state index in [9.17, 15) is 4.39 Å². The summed E-state index contributed by atoms with van der Waals surface area (Å²) in [5.74, 6) is -0.210. The highest BCUT2D eigenvalue weighted by Gasteiger charge is 2.00. The van der Waals surface area contributed by atoms with Crippen LogP contribution < -0.4 is 5.32 Å². The van der Waals surface area contributed by atoms with E-state index in [-0.39, 0.29) is 5.82 Å². The molecule has 0 fully saturated rings. The molecule has 1 rings (SSSR count). The number of methoxy groups -OCH3 is 1. The highest BCUT2D eigenvalue weighted by molar-refractivity contribution is 9.10. The molecule has 1 aromatic rings. The number of hydrogen-bond donors (Lipinski definition) is 1.